The van der Waals surface area contributed by atoms with Gasteiger partial charge in [0.1, 0.15) is 5.75 Å². The van der Waals surface area contributed by atoms with Crippen LogP contribution >= 0.6 is 0 Å². The van der Waals surface area contributed by atoms with Gasteiger partial charge in [0.2, 0.25) is 5.78 Å². The summed E-state index contributed by atoms with van der Waals surface area (Å²) >= 11 is 0. The highest BCUT2D eigenvalue weighted by molar-refractivity contribution is 6.06. The van der Waals surface area contributed by atoms with E-state index in [0.29, 0.717) is 12.3 Å². The number of carbonyl (C=O) groups excluding carboxylic acids is 1. The largest absolute Gasteiger partial charge is 0.479 e. The molecule has 9 heteroatoms. The summed E-state index contributed by atoms with van der Waals surface area (Å²) in [5.41, 5.74) is 0.328. The third-order valence-electron chi connectivity index (χ3n) is 5.07. The zero-order chi connectivity index (χ0) is 24.0. The summed E-state index contributed by atoms with van der Waals surface area (Å²) in [5.74, 6) is -0.817. The van der Waals surface area contributed by atoms with Gasteiger partial charge in [-0.15, -0.1) is 0 Å². The van der Waals surface area contributed by atoms with Crippen LogP contribution in [0.4, 0.5) is 13.2 Å². The lowest BCUT2D eigenvalue weighted by Gasteiger charge is -2.12. The van der Waals surface area contributed by atoms with Gasteiger partial charge >= 0.3 is 12.1 Å². The number of carboxylic acids is 1. The number of unbranched alkanes of at least 4 members (excludes halogenated alkanes) is 1. The van der Waals surface area contributed by atoms with Crippen LogP contribution in [0.1, 0.15) is 47.1 Å². The van der Waals surface area contributed by atoms with Crippen LogP contribution in [-0.4, -0.2) is 32.5 Å². The molecule has 0 amide bonds. The Bertz CT molecular complexity index is 1110. The number of benzene rings is 2. The van der Waals surface area contributed by atoms with Crippen LogP contribution in [-0.2, 0) is 23.9 Å². The molecule has 33 heavy (non-hydrogen) atoms. The Hall–Kier alpha value is -3.62. The van der Waals surface area contributed by atoms with Crippen molar-refractivity contribution in [3.8, 4) is 5.75 Å². The standard InChI is InChI=1S/C24H23F3N2O4/c1-16(23(31)32)33-20-7-4-6-17(15-20)5-2-3-13-29-14-12-28-22(29)21(30)18-8-10-19(11-9-18)24(25,26)27/h4,6-12,14-16H,2-3,5,13H2,1H3,(H,31,32)/t16-/m0/s1. The molecular weight excluding hydrogens is 437 g/mol. The number of aromatic nitrogens is 2. The first-order valence-corrected chi connectivity index (χ1v) is 10.4. The number of aliphatic carboxylic acids is 1. The monoisotopic (exact) mass is 460 g/mol. The van der Waals surface area contributed by atoms with E-state index in [0.717, 1.165) is 49.1 Å². The van der Waals surface area contributed by atoms with Gasteiger partial charge in [-0.2, -0.15) is 13.2 Å². The van der Waals surface area contributed by atoms with Crippen LogP contribution in [0, 0.1) is 0 Å². The average Bonchev–Trinajstić information content (AvgIpc) is 3.24. The summed E-state index contributed by atoms with van der Waals surface area (Å²) in [5, 5.41) is 8.95. The second-order valence-electron chi connectivity index (χ2n) is 7.55. The van der Waals surface area contributed by atoms with Gasteiger partial charge < -0.3 is 14.4 Å². The third kappa shape index (κ3) is 6.44. The minimum atomic E-state index is -4.46. The SMILES string of the molecule is C[C@H](Oc1cccc(CCCCn2ccnc2C(=O)c2ccc(C(F)(F)F)cc2)c1)C(=O)O. The molecule has 1 heterocycles. The molecule has 0 unspecified atom stereocenters. The summed E-state index contributed by atoms with van der Waals surface area (Å²) in [7, 11) is 0. The van der Waals surface area contributed by atoms with E-state index in [2.05, 4.69) is 4.98 Å². The number of imidazole rings is 1. The third-order valence-corrected chi connectivity index (χ3v) is 5.07. The number of carbonyl (C=O) groups is 2. The number of hydrogen-bond acceptors (Lipinski definition) is 4. The molecule has 0 aliphatic rings. The maximum Gasteiger partial charge on any atom is 0.416 e. The predicted octanol–water partition coefficient (Wildman–Crippen LogP) is 5.01. The number of ether oxygens (including phenoxy) is 1. The molecular formula is C24H23F3N2O4. The molecule has 0 bridgehead atoms. The molecule has 0 saturated heterocycles. The average molecular weight is 460 g/mol. The highest BCUT2D eigenvalue weighted by Crippen LogP contribution is 2.29. The second-order valence-corrected chi connectivity index (χ2v) is 7.55. The lowest BCUT2D eigenvalue weighted by Crippen LogP contribution is -2.22. The molecule has 0 aliphatic carbocycles. The molecule has 0 aliphatic heterocycles. The van der Waals surface area contributed by atoms with Crippen molar-refractivity contribution in [1.82, 2.24) is 9.55 Å². The van der Waals surface area contributed by atoms with E-state index in [9.17, 15) is 22.8 Å². The van der Waals surface area contributed by atoms with E-state index in [1.165, 1.54) is 13.1 Å². The highest BCUT2D eigenvalue weighted by Gasteiger charge is 2.30. The molecule has 1 atom stereocenters. The molecule has 3 rings (SSSR count). The van der Waals surface area contributed by atoms with Crippen LogP contribution in [0.15, 0.2) is 60.9 Å². The number of hydrogen-bond donors (Lipinski definition) is 1. The lowest BCUT2D eigenvalue weighted by molar-refractivity contribution is -0.144. The van der Waals surface area contributed by atoms with Gasteiger partial charge in [-0.05, 0) is 56.0 Å². The highest BCUT2D eigenvalue weighted by atomic mass is 19.4. The van der Waals surface area contributed by atoms with Crippen molar-refractivity contribution in [1.29, 1.82) is 0 Å². The Balaban J connectivity index is 1.55. The van der Waals surface area contributed by atoms with E-state index in [1.54, 1.807) is 29.0 Å². The van der Waals surface area contributed by atoms with Gasteiger partial charge in [-0.1, -0.05) is 24.3 Å². The number of carboxylic acid groups (broad SMARTS) is 1. The normalized spacial score (nSPS) is 12.4. The van der Waals surface area contributed by atoms with Crippen LogP contribution in [0.5, 0.6) is 5.75 Å². The van der Waals surface area contributed by atoms with Gasteiger partial charge in [-0.25, -0.2) is 9.78 Å². The topological polar surface area (TPSA) is 81.4 Å². The van der Waals surface area contributed by atoms with Crippen molar-refractivity contribution in [2.75, 3.05) is 0 Å². The zero-order valence-electron chi connectivity index (χ0n) is 17.9. The van der Waals surface area contributed by atoms with Crippen LogP contribution in [0.2, 0.25) is 0 Å². The molecule has 174 valence electrons. The summed E-state index contributed by atoms with van der Waals surface area (Å²) in [4.78, 5) is 27.7. The fourth-order valence-corrected chi connectivity index (χ4v) is 3.28. The zero-order valence-corrected chi connectivity index (χ0v) is 17.9. The van der Waals surface area contributed by atoms with E-state index in [4.69, 9.17) is 9.84 Å². The lowest BCUT2D eigenvalue weighted by atomic mass is 10.1. The number of aryl methyl sites for hydroxylation is 2. The summed E-state index contributed by atoms with van der Waals surface area (Å²) < 4.78 is 45.3. The Morgan fingerprint density at radius 1 is 1.12 bits per heavy atom. The molecule has 1 N–H and O–H groups in total. The number of nitrogens with zero attached hydrogens (tertiary/aromatic N) is 2. The van der Waals surface area contributed by atoms with Crippen LogP contribution < -0.4 is 4.74 Å². The Morgan fingerprint density at radius 2 is 1.85 bits per heavy atom. The van der Waals surface area contributed by atoms with Crippen molar-refractivity contribution in [3.63, 3.8) is 0 Å². The first-order valence-electron chi connectivity index (χ1n) is 10.4. The molecule has 2 aromatic carbocycles. The van der Waals surface area contributed by atoms with Crippen molar-refractivity contribution in [2.45, 2.75) is 45.0 Å². The van der Waals surface area contributed by atoms with Gasteiger partial charge in [0.15, 0.2) is 11.9 Å². The fraction of sp³-hybridized carbons (Fsp3) is 0.292. The molecule has 0 radical (unpaired) electrons. The number of rotatable bonds is 10. The van der Waals surface area contributed by atoms with E-state index >= 15 is 0 Å². The predicted molar refractivity (Wildman–Crippen MR) is 114 cm³/mol. The summed E-state index contributed by atoms with van der Waals surface area (Å²) in [6, 6.07) is 11.3. The van der Waals surface area contributed by atoms with Gasteiger partial charge in [-0.3, -0.25) is 4.79 Å². The van der Waals surface area contributed by atoms with E-state index in [-0.39, 0.29) is 11.4 Å². The van der Waals surface area contributed by atoms with Gasteiger partial charge in [0.25, 0.3) is 0 Å². The van der Waals surface area contributed by atoms with E-state index in [1.807, 2.05) is 6.07 Å². The quantitative estimate of drug-likeness (QED) is 0.340. The fourth-order valence-electron chi connectivity index (χ4n) is 3.28. The van der Waals surface area contributed by atoms with Crippen molar-refractivity contribution in [3.05, 3.63) is 83.4 Å². The van der Waals surface area contributed by atoms with Gasteiger partial charge in [0, 0.05) is 24.5 Å². The first-order chi connectivity index (χ1) is 15.6. The van der Waals surface area contributed by atoms with Crippen LogP contribution in [0.25, 0.3) is 0 Å². The molecule has 0 saturated carbocycles. The van der Waals surface area contributed by atoms with Gasteiger partial charge in [0.05, 0.1) is 5.56 Å². The van der Waals surface area contributed by atoms with Crippen LogP contribution in [0.3, 0.4) is 0 Å². The second kappa shape index (κ2) is 10.3. The summed E-state index contributed by atoms with van der Waals surface area (Å²) in [6.45, 7) is 1.98. The van der Waals surface area contributed by atoms with Crippen molar-refractivity contribution < 1.29 is 32.6 Å². The minimum absolute atomic E-state index is 0.142. The molecule has 1 aromatic heterocycles. The minimum Gasteiger partial charge on any atom is -0.479 e. The maximum absolute atomic E-state index is 12.7. The molecule has 3 aromatic rings. The Morgan fingerprint density at radius 3 is 2.52 bits per heavy atom. The Labute approximate surface area is 188 Å². The number of halogens is 3. The summed E-state index contributed by atoms with van der Waals surface area (Å²) in [6.07, 6.45) is 0.0167. The maximum atomic E-state index is 12.7. The molecule has 0 spiro atoms. The van der Waals surface area contributed by atoms with Crippen molar-refractivity contribution >= 4 is 11.8 Å². The Kier molecular flexibility index (Phi) is 7.52. The molecule has 6 nitrogen and oxygen atoms in total. The van der Waals surface area contributed by atoms with E-state index < -0.39 is 29.6 Å². The number of alkyl halides is 3. The molecule has 0 fully saturated rings. The number of ketones is 1. The van der Waals surface area contributed by atoms with Crippen molar-refractivity contribution in [2.24, 2.45) is 0 Å². The smallest absolute Gasteiger partial charge is 0.416 e. The first kappa shape index (κ1) is 24.0.